The summed E-state index contributed by atoms with van der Waals surface area (Å²) in [4.78, 5) is 6.37. The van der Waals surface area contributed by atoms with Crippen LogP contribution < -0.4 is 0 Å². The molecule has 0 amide bonds. The number of benzene rings is 1. The summed E-state index contributed by atoms with van der Waals surface area (Å²) in [5.41, 5.74) is 1.63. The minimum Gasteiger partial charge on any atom is -0.441 e. The molecule has 0 saturated heterocycles. The molecule has 0 aliphatic carbocycles. The fourth-order valence-corrected chi connectivity index (χ4v) is 2.25. The molecule has 1 heterocycles. The molecule has 114 valence electrons. The van der Waals surface area contributed by atoms with E-state index in [1.165, 1.54) is 0 Å². The first kappa shape index (κ1) is 16.0. The maximum atomic E-state index is 9.44. The molecule has 0 bridgehead atoms. The molecule has 0 aliphatic heterocycles. The van der Waals surface area contributed by atoms with Crippen molar-refractivity contribution >= 4 is 11.6 Å². The molecule has 0 spiro atoms. The maximum absolute atomic E-state index is 9.44. The average molecular weight is 311 g/mol. The lowest BCUT2D eigenvalue weighted by atomic mass is 10.2. The number of aryl methyl sites for hydroxylation is 1. The molecule has 0 saturated carbocycles. The van der Waals surface area contributed by atoms with Gasteiger partial charge in [-0.25, -0.2) is 4.98 Å². The highest BCUT2D eigenvalue weighted by Gasteiger charge is 2.15. The van der Waals surface area contributed by atoms with E-state index in [2.05, 4.69) is 4.98 Å². The first-order chi connectivity index (χ1) is 9.99. The van der Waals surface area contributed by atoms with E-state index in [4.69, 9.17) is 21.1 Å². The summed E-state index contributed by atoms with van der Waals surface area (Å²) in [5, 5.41) is 18.9. The molecule has 1 aromatic heterocycles. The molecule has 21 heavy (non-hydrogen) atoms. The average Bonchev–Trinajstić information content (AvgIpc) is 2.80. The number of hydrogen-bond acceptors (Lipinski definition) is 5. The van der Waals surface area contributed by atoms with Gasteiger partial charge in [0.15, 0.2) is 0 Å². The van der Waals surface area contributed by atoms with Crippen LogP contribution in [-0.4, -0.2) is 46.4 Å². The van der Waals surface area contributed by atoms with Crippen LogP contribution in [0.15, 0.2) is 28.7 Å². The summed E-state index contributed by atoms with van der Waals surface area (Å²) in [6.45, 7) is 2.50. The second kappa shape index (κ2) is 7.04. The summed E-state index contributed by atoms with van der Waals surface area (Å²) >= 11 is 5.97. The van der Waals surface area contributed by atoms with Crippen LogP contribution in [-0.2, 0) is 6.54 Å². The van der Waals surface area contributed by atoms with Gasteiger partial charge in [-0.05, 0) is 32.2 Å². The van der Waals surface area contributed by atoms with Crippen LogP contribution in [0.3, 0.4) is 0 Å². The van der Waals surface area contributed by atoms with E-state index in [9.17, 15) is 5.11 Å². The Morgan fingerprint density at radius 1 is 1.43 bits per heavy atom. The van der Waals surface area contributed by atoms with Crippen molar-refractivity contribution in [3.8, 4) is 11.5 Å². The largest absolute Gasteiger partial charge is 0.441 e. The predicted octanol–water partition coefficient (Wildman–Crippen LogP) is 2.09. The molecule has 0 radical (unpaired) electrons. The van der Waals surface area contributed by atoms with Crippen molar-refractivity contribution in [3.05, 3.63) is 40.7 Å². The second-order valence-electron chi connectivity index (χ2n) is 5.07. The van der Waals surface area contributed by atoms with Gasteiger partial charge in [0.1, 0.15) is 5.76 Å². The Balaban J connectivity index is 2.12. The van der Waals surface area contributed by atoms with Gasteiger partial charge in [0.05, 0.1) is 18.4 Å². The number of rotatable bonds is 6. The van der Waals surface area contributed by atoms with Crippen molar-refractivity contribution in [1.82, 2.24) is 9.88 Å². The van der Waals surface area contributed by atoms with Gasteiger partial charge in [-0.2, -0.15) is 0 Å². The zero-order valence-corrected chi connectivity index (χ0v) is 12.8. The van der Waals surface area contributed by atoms with Gasteiger partial charge in [-0.3, -0.25) is 4.90 Å². The second-order valence-corrected chi connectivity index (χ2v) is 5.50. The minimum atomic E-state index is -0.755. The standard InChI is InChI=1S/C15H19ClN2O3/c1-10-14(8-18(2)7-13(20)9-19)17-15(21-10)11-4-3-5-12(16)6-11/h3-6,13,19-20H,7-9H2,1-2H3/t13-/m0/s1. The number of likely N-dealkylation sites (N-methyl/N-ethyl adjacent to an activating group) is 1. The van der Waals surface area contributed by atoms with Crippen molar-refractivity contribution in [1.29, 1.82) is 0 Å². The highest BCUT2D eigenvalue weighted by molar-refractivity contribution is 6.30. The van der Waals surface area contributed by atoms with Gasteiger partial charge < -0.3 is 14.6 Å². The highest BCUT2D eigenvalue weighted by atomic mass is 35.5. The molecule has 1 atom stereocenters. The van der Waals surface area contributed by atoms with Crippen molar-refractivity contribution in [2.75, 3.05) is 20.2 Å². The van der Waals surface area contributed by atoms with Gasteiger partial charge in [0.25, 0.3) is 0 Å². The maximum Gasteiger partial charge on any atom is 0.226 e. The van der Waals surface area contributed by atoms with Crippen LogP contribution in [0.25, 0.3) is 11.5 Å². The summed E-state index contributed by atoms with van der Waals surface area (Å²) in [6, 6.07) is 7.34. The summed E-state index contributed by atoms with van der Waals surface area (Å²) in [5.74, 6) is 1.26. The zero-order valence-electron chi connectivity index (χ0n) is 12.1. The molecule has 5 nitrogen and oxygen atoms in total. The third-order valence-electron chi connectivity index (χ3n) is 3.12. The van der Waals surface area contributed by atoms with E-state index >= 15 is 0 Å². The number of aromatic nitrogens is 1. The lowest BCUT2D eigenvalue weighted by molar-refractivity contribution is 0.0644. The SMILES string of the molecule is Cc1oc(-c2cccc(Cl)c2)nc1CN(C)C[C@H](O)CO. The number of oxazole rings is 1. The molecule has 1 aromatic carbocycles. The zero-order chi connectivity index (χ0) is 15.4. The Hall–Kier alpha value is -1.40. The van der Waals surface area contributed by atoms with Crippen molar-refractivity contribution in [3.63, 3.8) is 0 Å². The normalized spacial score (nSPS) is 12.9. The van der Waals surface area contributed by atoms with Crippen molar-refractivity contribution < 1.29 is 14.6 Å². The number of hydrogen-bond donors (Lipinski definition) is 2. The van der Waals surface area contributed by atoms with Crippen LogP contribution in [0, 0.1) is 6.92 Å². The third-order valence-corrected chi connectivity index (χ3v) is 3.35. The molecule has 2 rings (SSSR count). The van der Waals surface area contributed by atoms with E-state index in [-0.39, 0.29) is 6.61 Å². The molecule has 0 fully saturated rings. The first-order valence-corrected chi connectivity index (χ1v) is 7.07. The smallest absolute Gasteiger partial charge is 0.226 e. The van der Waals surface area contributed by atoms with E-state index in [0.717, 1.165) is 17.0 Å². The van der Waals surface area contributed by atoms with Gasteiger partial charge >= 0.3 is 0 Å². The Morgan fingerprint density at radius 3 is 2.86 bits per heavy atom. The summed E-state index contributed by atoms with van der Waals surface area (Å²) in [7, 11) is 1.85. The molecule has 0 aliphatic rings. The molecule has 2 N–H and O–H groups in total. The van der Waals surface area contributed by atoms with E-state index in [0.29, 0.717) is 24.0 Å². The topological polar surface area (TPSA) is 69.7 Å². The Bertz CT molecular complexity index is 600. The van der Waals surface area contributed by atoms with Crippen LogP contribution in [0.2, 0.25) is 5.02 Å². The highest BCUT2D eigenvalue weighted by Crippen LogP contribution is 2.24. The van der Waals surface area contributed by atoms with E-state index in [1.807, 2.05) is 31.0 Å². The van der Waals surface area contributed by atoms with Crippen molar-refractivity contribution in [2.45, 2.75) is 19.6 Å². The fourth-order valence-electron chi connectivity index (χ4n) is 2.06. The lowest BCUT2D eigenvalue weighted by Gasteiger charge is -2.18. The van der Waals surface area contributed by atoms with Crippen LogP contribution >= 0.6 is 11.6 Å². The van der Waals surface area contributed by atoms with Gasteiger partial charge in [-0.1, -0.05) is 17.7 Å². The fraction of sp³-hybridized carbons (Fsp3) is 0.400. The quantitative estimate of drug-likeness (QED) is 0.855. The molecule has 2 aromatic rings. The van der Waals surface area contributed by atoms with Crippen molar-refractivity contribution in [2.24, 2.45) is 0 Å². The number of nitrogens with zero attached hydrogens (tertiary/aromatic N) is 2. The number of aliphatic hydroxyl groups is 2. The molecule has 6 heteroatoms. The molecular weight excluding hydrogens is 292 g/mol. The van der Waals surface area contributed by atoms with E-state index in [1.54, 1.807) is 12.1 Å². The molecule has 0 unspecified atom stereocenters. The monoisotopic (exact) mass is 310 g/mol. The predicted molar refractivity (Wildman–Crippen MR) is 81.1 cm³/mol. The van der Waals surface area contributed by atoms with Gasteiger partial charge in [0.2, 0.25) is 5.89 Å². The number of halogens is 1. The summed E-state index contributed by atoms with van der Waals surface area (Å²) in [6.07, 6.45) is -0.755. The summed E-state index contributed by atoms with van der Waals surface area (Å²) < 4.78 is 5.68. The Labute approximate surface area is 128 Å². The number of aliphatic hydroxyl groups excluding tert-OH is 2. The Morgan fingerprint density at radius 2 is 2.19 bits per heavy atom. The third kappa shape index (κ3) is 4.28. The van der Waals surface area contributed by atoms with Crippen LogP contribution in [0.4, 0.5) is 0 Å². The Kier molecular flexibility index (Phi) is 5.36. The first-order valence-electron chi connectivity index (χ1n) is 6.69. The van der Waals surface area contributed by atoms with Crippen LogP contribution in [0.5, 0.6) is 0 Å². The van der Waals surface area contributed by atoms with Gasteiger partial charge in [0, 0.05) is 23.7 Å². The minimum absolute atomic E-state index is 0.254. The van der Waals surface area contributed by atoms with E-state index < -0.39 is 6.10 Å². The van der Waals surface area contributed by atoms with Gasteiger partial charge in [-0.15, -0.1) is 0 Å². The molecular formula is C15H19ClN2O3. The lowest BCUT2D eigenvalue weighted by Crippen LogP contribution is -2.31. The van der Waals surface area contributed by atoms with Crippen LogP contribution in [0.1, 0.15) is 11.5 Å².